The van der Waals surface area contributed by atoms with Gasteiger partial charge in [-0.2, -0.15) is 0 Å². The Hall–Kier alpha value is -0.980. The van der Waals surface area contributed by atoms with E-state index >= 15 is 0 Å². The van der Waals surface area contributed by atoms with Crippen LogP contribution in [0.5, 0.6) is 0 Å². The molecule has 15 heavy (non-hydrogen) atoms. The zero-order valence-electron chi connectivity index (χ0n) is 8.22. The molecule has 1 rings (SSSR count). The Morgan fingerprint density at radius 1 is 1.47 bits per heavy atom. The smallest absolute Gasteiger partial charge is 0.217 e. The van der Waals surface area contributed by atoms with E-state index in [0.717, 1.165) is 0 Å². The van der Waals surface area contributed by atoms with Crippen molar-refractivity contribution >= 4 is 5.91 Å². The van der Waals surface area contributed by atoms with Crippen LogP contribution in [-0.2, 0) is 4.79 Å². The van der Waals surface area contributed by atoms with Crippen LogP contribution in [0.15, 0.2) is 11.6 Å². The largest absolute Gasteiger partial charge is 0.388 e. The maximum absolute atomic E-state index is 12.4. The summed E-state index contributed by atoms with van der Waals surface area (Å²) in [5.41, 5.74) is -0.0356. The van der Waals surface area contributed by atoms with Crippen LogP contribution in [0.2, 0.25) is 0 Å². The van der Waals surface area contributed by atoms with Crippen molar-refractivity contribution in [1.82, 2.24) is 5.32 Å². The van der Waals surface area contributed by atoms with E-state index < -0.39 is 36.9 Å². The number of halogens is 1. The SMILES string of the molecule is CC(=O)N[C@H]1C=C(CF)[C@@H](O)[C@H](O)[C@H]1O. The third-order valence-electron chi connectivity index (χ3n) is 2.34. The monoisotopic (exact) mass is 219 g/mol. The number of aliphatic hydroxyl groups excluding tert-OH is 3. The van der Waals surface area contributed by atoms with E-state index in [-0.39, 0.29) is 5.57 Å². The van der Waals surface area contributed by atoms with Crippen molar-refractivity contribution in [3.05, 3.63) is 11.6 Å². The van der Waals surface area contributed by atoms with Crippen molar-refractivity contribution in [2.24, 2.45) is 0 Å². The summed E-state index contributed by atoms with van der Waals surface area (Å²) in [6, 6.07) is -0.869. The first-order valence-electron chi connectivity index (χ1n) is 4.55. The number of carbonyl (C=O) groups excluding carboxylic acids is 1. The highest BCUT2D eigenvalue weighted by atomic mass is 19.1. The van der Waals surface area contributed by atoms with Gasteiger partial charge in [-0.15, -0.1) is 0 Å². The van der Waals surface area contributed by atoms with Gasteiger partial charge in [0.2, 0.25) is 5.91 Å². The molecule has 0 aliphatic heterocycles. The van der Waals surface area contributed by atoms with Gasteiger partial charge in [-0.3, -0.25) is 4.79 Å². The molecule has 4 atom stereocenters. The average Bonchev–Trinajstić information content (AvgIpc) is 2.18. The number of rotatable bonds is 2. The predicted molar refractivity (Wildman–Crippen MR) is 49.7 cm³/mol. The molecule has 0 aromatic rings. The van der Waals surface area contributed by atoms with Crippen LogP contribution < -0.4 is 5.32 Å². The van der Waals surface area contributed by atoms with Gasteiger partial charge in [-0.25, -0.2) is 4.39 Å². The molecule has 5 nitrogen and oxygen atoms in total. The fourth-order valence-corrected chi connectivity index (χ4v) is 1.53. The Balaban J connectivity index is 2.87. The number of carbonyl (C=O) groups is 1. The highest BCUT2D eigenvalue weighted by Gasteiger charge is 2.37. The summed E-state index contributed by atoms with van der Waals surface area (Å²) in [7, 11) is 0. The normalized spacial score (nSPS) is 35.9. The molecule has 0 heterocycles. The highest BCUT2D eigenvalue weighted by Crippen LogP contribution is 2.20. The summed E-state index contributed by atoms with van der Waals surface area (Å²) in [6.45, 7) is 0.314. The Morgan fingerprint density at radius 3 is 2.53 bits per heavy atom. The van der Waals surface area contributed by atoms with Crippen LogP contribution in [0.4, 0.5) is 4.39 Å². The van der Waals surface area contributed by atoms with Gasteiger partial charge in [0.05, 0.1) is 6.04 Å². The molecule has 4 N–H and O–H groups in total. The van der Waals surface area contributed by atoms with Gasteiger partial charge in [-0.05, 0) is 5.57 Å². The molecule has 0 aromatic carbocycles. The Morgan fingerprint density at radius 2 is 2.07 bits per heavy atom. The first-order chi connectivity index (χ1) is 6.97. The fourth-order valence-electron chi connectivity index (χ4n) is 1.53. The summed E-state index contributed by atoms with van der Waals surface area (Å²) in [5.74, 6) is -0.405. The standard InChI is InChI=1S/C9H14FNO4/c1-4(12)11-6-2-5(3-10)7(13)9(15)8(6)14/h2,6-9,13-15H,3H2,1H3,(H,11,12)/t6-,7+,8-,9-/m0/s1. The van der Waals surface area contributed by atoms with E-state index in [9.17, 15) is 24.5 Å². The van der Waals surface area contributed by atoms with E-state index in [2.05, 4.69) is 5.32 Å². The first-order valence-corrected chi connectivity index (χ1v) is 4.55. The van der Waals surface area contributed by atoms with Crippen molar-refractivity contribution in [2.45, 2.75) is 31.3 Å². The molecule has 0 saturated heterocycles. The molecular weight excluding hydrogens is 205 g/mol. The number of nitrogens with one attached hydrogen (secondary N) is 1. The maximum Gasteiger partial charge on any atom is 0.217 e. The topological polar surface area (TPSA) is 89.8 Å². The summed E-state index contributed by atoms with van der Waals surface area (Å²) < 4.78 is 12.4. The molecule has 0 saturated carbocycles. The molecule has 0 bridgehead atoms. The van der Waals surface area contributed by atoms with E-state index in [0.29, 0.717) is 0 Å². The van der Waals surface area contributed by atoms with Gasteiger partial charge in [0.1, 0.15) is 25.0 Å². The molecule has 6 heteroatoms. The zero-order valence-corrected chi connectivity index (χ0v) is 8.22. The van der Waals surface area contributed by atoms with Crippen LogP contribution >= 0.6 is 0 Å². The lowest BCUT2D eigenvalue weighted by molar-refractivity contribution is -0.122. The Kier molecular flexibility index (Phi) is 3.78. The second-order valence-electron chi connectivity index (χ2n) is 3.53. The van der Waals surface area contributed by atoms with E-state index in [1.165, 1.54) is 13.0 Å². The third kappa shape index (κ3) is 2.53. The second kappa shape index (κ2) is 4.69. The summed E-state index contributed by atoms with van der Waals surface area (Å²) >= 11 is 0. The lowest BCUT2D eigenvalue weighted by Gasteiger charge is -2.34. The first kappa shape index (κ1) is 12.1. The molecule has 1 aliphatic rings. The van der Waals surface area contributed by atoms with E-state index in [1.807, 2.05) is 0 Å². The Labute approximate surface area is 86.2 Å². The van der Waals surface area contributed by atoms with Crippen molar-refractivity contribution in [3.63, 3.8) is 0 Å². The van der Waals surface area contributed by atoms with Crippen molar-refractivity contribution in [3.8, 4) is 0 Å². The number of hydrogen-bond donors (Lipinski definition) is 4. The van der Waals surface area contributed by atoms with Crippen molar-refractivity contribution in [1.29, 1.82) is 0 Å². The highest BCUT2D eigenvalue weighted by molar-refractivity contribution is 5.73. The van der Waals surface area contributed by atoms with Crippen LogP contribution in [0, 0.1) is 0 Å². The minimum atomic E-state index is -1.49. The molecular formula is C9H14FNO4. The van der Waals surface area contributed by atoms with Crippen LogP contribution in [-0.4, -0.2) is 52.3 Å². The van der Waals surface area contributed by atoms with Gasteiger partial charge in [0, 0.05) is 6.92 Å². The van der Waals surface area contributed by atoms with Gasteiger partial charge in [0.25, 0.3) is 0 Å². The predicted octanol–water partition coefficient (Wildman–Crippen LogP) is -1.52. The Bertz CT molecular complexity index is 281. The second-order valence-corrected chi connectivity index (χ2v) is 3.53. The van der Waals surface area contributed by atoms with E-state index in [4.69, 9.17) is 0 Å². The molecule has 86 valence electrons. The van der Waals surface area contributed by atoms with Crippen LogP contribution in [0.25, 0.3) is 0 Å². The number of alkyl halides is 1. The molecule has 0 spiro atoms. The number of amides is 1. The minimum absolute atomic E-state index is 0.0356. The number of hydrogen-bond acceptors (Lipinski definition) is 4. The summed E-state index contributed by atoms with van der Waals surface area (Å²) in [4.78, 5) is 10.8. The maximum atomic E-state index is 12.4. The minimum Gasteiger partial charge on any atom is -0.388 e. The van der Waals surface area contributed by atoms with Gasteiger partial charge < -0.3 is 20.6 Å². The molecule has 1 aliphatic carbocycles. The fraction of sp³-hybridized carbons (Fsp3) is 0.667. The average molecular weight is 219 g/mol. The van der Waals surface area contributed by atoms with Gasteiger partial charge in [-0.1, -0.05) is 6.08 Å². The molecule has 0 aromatic heterocycles. The lowest BCUT2D eigenvalue weighted by Crippen LogP contribution is -2.54. The van der Waals surface area contributed by atoms with E-state index in [1.54, 1.807) is 0 Å². The zero-order chi connectivity index (χ0) is 11.6. The van der Waals surface area contributed by atoms with Gasteiger partial charge >= 0.3 is 0 Å². The van der Waals surface area contributed by atoms with Crippen LogP contribution in [0.1, 0.15) is 6.92 Å². The summed E-state index contributed by atoms with van der Waals surface area (Å²) in [5, 5.41) is 30.5. The molecule has 0 radical (unpaired) electrons. The molecule has 1 amide bonds. The van der Waals surface area contributed by atoms with Crippen molar-refractivity contribution < 1.29 is 24.5 Å². The molecule has 0 fully saturated rings. The van der Waals surface area contributed by atoms with Crippen LogP contribution in [0.3, 0.4) is 0 Å². The molecule has 0 unspecified atom stereocenters. The lowest BCUT2D eigenvalue weighted by atomic mass is 9.88. The van der Waals surface area contributed by atoms with Gasteiger partial charge in [0.15, 0.2) is 0 Å². The third-order valence-corrected chi connectivity index (χ3v) is 2.34. The quantitative estimate of drug-likeness (QED) is 0.425. The van der Waals surface area contributed by atoms with Crippen molar-refractivity contribution in [2.75, 3.05) is 6.67 Å². The summed E-state index contributed by atoms with van der Waals surface area (Å²) in [6.07, 6.45) is -3.02. The number of aliphatic hydroxyl groups is 3.